The molecule has 1 unspecified atom stereocenters. The van der Waals surface area contributed by atoms with Gasteiger partial charge in [0.2, 0.25) is 6.54 Å². The number of furan rings is 1. The lowest BCUT2D eigenvalue weighted by atomic mass is 10.2. The number of nitrogens with zero attached hydrogens (tertiary/aromatic N) is 1. The molecule has 66 valence electrons. The van der Waals surface area contributed by atoms with Gasteiger partial charge < -0.3 is 9.62 Å². The summed E-state index contributed by atoms with van der Waals surface area (Å²) in [5, 5.41) is 18.6. The predicted molar refractivity (Wildman–Crippen MR) is 38.2 cm³/mol. The molecule has 0 aliphatic carbocycles. The first-order valence-electron chi connectivity index (χ1n) is 3.29. The summed E-state index contributed by atoms with van der Waals surface area (Å²) >= 11 is 0. The normalized spacial score (nSPS) is 12.8. The standard InChI is InChI=1S/C6H8N2O4/c9-7-5(4-8(10)11)6-2-1-3-12-6/h1-3,5,7,9H,4H2. The lowest BCUT2D eigenvalue weighted by Crippen LogP contribution is -2.24. The average Bonchev–Trinajstić information content (AvgIpc) is 2.51. The van der Waals surface area contributed by atoms with Crippen LogP contribution < -0.4 is 5.48 Å². The summed E-state index contributed by atoms with van der Waals surface area (Å²) in [6.45, 7) is -0.413. The fourth-order valence-electron chi connectivity index (χ4n) is 0.833. The van der Waals surface area contributed by atoms with Crippen LogP contribution in [0.2, 0.25) is 0 Å². The van der Waals surface area contributed by atoms with Gasteiger partial charge in [-0.1, -0.05) is 0 Å². The van der Waals surface area contributed by atoms with Crippen molar-refractivity contribution in [1.82, 2.24) is 5.48 Å². The molecule has 0 saturated carbocycles. The molecule has 1 atom stereocenters. The number of rotatable bonds is 4. The zero-order valence-corrected chi connectivity index (χ0v) is 6.14. The molecular formula is C6H8N2O4. The van der Waals surface area contributed by atoms with Gasteiger partial charge >= 0.3 is 0 Å². The smallest absolute Gasteiger partial charge is 0.228 e. The van der Waals surface area contributed by atoms with E-state index in [2.05, 4.69) is 0 Å². The summed E-state index contributed by atoms with van der Waals surface area (Å²) in [7, 11) is 0. The summed E-state index contributed by atoms with van der Waals surface area (Å²) in [6, 6.07) is 2.37. The summed E-state index contributed by atoms with van der Waals surface area (Å²) in [5.74, 6) is 0.342. The van der Waals surface area contributed by atoms with E-state index >= 15 is 0 Å². The Morgan fingerprint density at radius 2 is 2.58 bits per heavy atom. The van der Waals surface area contributed by atoms with Crippen molar-refractivity contribution < 1.29 is 14.5 Å². The van der Waals surface area contributed by atoms with Gasteiger partial charge in [-0.15, -0.1) is 0 Å². The molecule has 6 heteroatoms. The maximum absolute atomic E-state index is 10.1. The average molecular weight is 172 g/mol. The molecule has 0 aromatic carbocycles. The van der Waals surface area contributed by atoms with Crippen LogP contribution in [0.25, 0.3) is 0 Å². The van der Waals surface area contributed by atoms with Gasteiger partial charge in [0.05, 0.1) is 6.26 Å². The van der Waals surface area contributed by atoms with Crippen molar-refractivity contribution in [2.45, 2.75) is 6.04 Å². The molecule has 0 aliphatic rings. The van der Waals surface area contributed by atoms with Gasteiger partial charge in [-0.2, -0.15) is 5.48 Å². The molecule has 0 fully saturated rings. The van der Waals surface area contributed by atoms with Crippen LogP contribution in [0, 0.1) is 10.1 Å². The Labute approximate surface area is 67.9 Å². The number of hydroxylamine groups is 1. The molecule has 0 bridgehead atoms. The van der Waals surface area contributed by atoms with Crippen LogP contribution in [0.15, 0.2) is 22.8 Å². The SMILES string of the molecule is O=[N+]([O-])CC(NO)c1ccco1. The second-order valence-corrected chi connectivity index (χ2v) is 2.21. The van der Waals surface area contributed by atoms with Gasteiger partial charge in [-0.3, -0.25) is 10.1 Å². The Morgan fingerprint density at radius 3 is 3.00 bits per heavy atom. The van der Waals surface area contributed by atoms with Gasteiger partial charge in [0.25, 0.3) is 0 Å². The maximum Gasteiger partial charge on any atom is 0.228 e. The highest BCUT2D eigenvalue weighted by atomic mass is 16.6. The van der Waals surface area contributed by atoms with Crippen LogP contribution in [0.3, 0.4) is 0 Å². The third-order valence-corrected chi connectivity index (χ3v) is 1.37. The van der Waals surface area contributed by atoms with Crippen molar-refractivity contribution in [3.8, 4) is 0 Å². The monoisotopic (exact) mass is 172 g/mol. The Hall–Kier alpha value is -1.40. The van der Waals surface area contributed by atoms with E-state index in [4.69, 9.17) is 9.62 Å². The van der Waals surface area contributed by atoms with Gasteiger partial charge in [0.1, 0.15) is 5.76 Å². The first-order valence-corrected chi connectivity index (χ1v) is 3.29. The molecule has 1 heterocycles. The van der Waals surface area contributed by atoms with Crippen molar-refractivity contribution in [2.75, 3.05) is 6.54 Å². The van der Waals surface area contributed by atoms with Gasteiger partial charge in [0.15, 0.2) is 6.04 Å². The number of nitrogens with one attached hydrogen (secondary N) is 1. The Kier molecular flexibility index (Phi) is 2.78. The zero-order chi connectivity index (χ0) is 8.97. The second kappa shape index (κ2) is 3.84. The largest absolute Gasteiger partial charge is 0.467 e. The van der Waals surface area contributed by atoms with Crippen molar-refractivity contribution in [1.29, 1.82) is 0 Å². The molecule has 1 rings (SSSR count). The highest BCUT2D eigenvalue weighted by Crippen LogP contribution is 2.12. The lowest BCUT2D eigenvalue weighted by molar-refractivity contribution is -0.486. The van der Waals surface area contributed by atoms with Crippen LogP contribution in [-0.2, 0) is 0 Å². The Bertz CT molecular complexity index is 246. The molecule has 1 aromatic rings. The summed E-state index contributed by atoms with van der Waals surface area (Å²) < 4.78 is 4.86. The minimum absolute atomic E-state index is 0.342. The van der Waals surface area contributed by atoms with E-state index in [0.717, 1.165) is 0 Å². The fraction of sp³-hybridized carbons (Fsp3) is 0.333. The maximum atomic E-state index is 10.1. The Morgan fingerprint density at radius 1 is 1.83 bits per heavy atom. The molecule has 1 aromatic heterocycles. The summed E-state index contributed by atoms with van der Waals surface area (Å²) in [4.78, 5) is 9.55. The van der Waals surface area contributed by atoms with Crippen molar-refractivity contribution in [2.24, 2.45) is 0 Å². The van der Waals surface area contributed by atoms with Crippen molar-refractivity contribution >= 4 is 0 Å². The topological polar surface area (TPSA) is 88.5 Å². The van der Waals surface area contributed by atoms with Gasteiger partial charge in [-0.05, 0) is 12.1 Å². The molecule has 0 aliphatic heterocycles. The van der Waals surface area contributed by atoms with E-state index < -0.39 is 17.5 Å². The second-order valence-electron chi connectivity index (χ2n) is 2.21. The van der Waals surface area contributed by atoms with Gasteiger partial charge in [-0.25, -0.2) is 0 Å². The first kappa shape index (κ1) is 8.69. The van der Waals surface area contributed by atoms with Crippen LogP contribution in [0.4, 0.5) is 0 Å². The van der Waals surface area contributed by atoms with Crippen LogP contribution in [0.5, 0.6) is 0 Å². The number of nitro groups is 1. The minimum atomic E-state index is -0.782. The van der Waals surface area contributed by atoms with Crippen molar-refractivity contribution in [3.63, 3.8) is 0 Å². The molecule has 0 saturated heterocycles. The minimum Gasteiger partial charge on any atom is -0.467 e. The van der Waals surface area contributed by atoms with Gasteiger partial charge in [0, 0.05) is 4.92 Å². The predicted octanol–water partition coefficient (Wildman–Crippen LogP) is 0.576. The van der Waals surface area contributed by atoms with Crippen LogP contribution in [-0.4, -0.2) is 16.7 Å². The van der Waals surface area contributed by atoms with E-state index in [1.807, 2.05) is 0 Å². The van der Waals surface area contributed by atoms with E-state index in [-0.39, 0.29) is 0 Å². The molecule has 0 amide bonds. The Balaban J connectivity index is 2.63. The number of hydrogen-bond donors (Lipinski definition) is 2. The highest BCUT2D eigenvalue weighted by molar-refractivity contribution is 5.03. The summed E-state index contributed by atoms with van der Waals surface area (Å²) in [5.41, 5.74) is 1.80. The third kappa shape index (κ3) is 2.04. The van der Waals surface area contributed by atoms with E-state index in [9.17, 15) is 10.1 Å². The molecule has 2 N–H and O–H groups in total. The van der Waals surface area contributed by atoms with Crippen LogP contribution >= 0.6 is 0 Å². The quantitative estimate of drug-likeness (QED) is 0.512. The lowest BCUT2D eigenvalue weighted by Gasteiger charge is -2.05. The van der Waals surface area contributed by atoms with E-state index in [1.165, 1.54) is 6.26 Å². The van der Waals surface area contributed by atoms with Crippen LogP contribution in [0.1, 0.15) is 11.8 Å². The molecule has 0 radical (unpaired) electrons. The number of hydrogen-bond acceptors (Lipinski definition) is 5. The molecule has 6 nitrogen and oxygen atoms in total. The molecule has 0 spiro atoms. The fourth-order valence-corrected chi connectivity index (χ4v) is 0.833. The first-order chi connectivity index (χ1) is 5.74. The third-order valence-electron chi connectivity index (χ3n) is 1.37. The molecular weight excluding hydrogens is 164 g/mol. The zero-order valence-electron chi connectivity index (χ0n) is 6.14. The molecule has 12 heavy (non-hydrogen) atoms. The van der Waals surface area contributed by atoms with E-state index in [0.29, 0.717) is 5.76 Å². The van der Waals surface area contributed by atoms with Crippen molar-refractivity contribution in [3.05, 3.63) is 34.3 Å². The van der Waals surface area contributed by atoms with E-state index in [1.54, 1.807) is 17.6 Å². The highest BCUT2D eigenvalue weighted by Gasteiger charge is 2.18. The summed E-state index contributed by atoms with van der Waals surface area (Å²) in [6.07, 6.45) is 1.39.